The maximum atomic E-state index is 16.9. The zero-order valence-electron chi connectivity index (χ0n) is 55.1. The molecule has 7 aromatic carbocycles. The summed E-state index contributed by atoms with van der Waals surface area (Å²) < 4.78 is 67.2. The molecule has 0 aromatic heterocycles. The number of amides is 6. The average molecular weight is 1300 g/mol. The van der Waals surface area contributed by atoms with Crippen LogP contribution >= 0.6 is 0 Å². The van der Waals surface area contributed by atoms with E-state index in [9.17, 15) is 28.8 Å². The zero-order chi connectivity index (χ0) is 68.1. The Labute approximate surface area is 555 Å². The summed E-state index contributed by atoms with van der Waals surface area (Å²) in [6.07, 6.45) is 22.3. The molecular weight excluding hydrogens is 1210 g/mol. The van der Waals surface area contributed by atoms with E-state index in [0.717, 1.165) is 149 Å². The second kappa shape index (κ2) is 38.1. The smallest absolute Gasteiger partial charge is 0.258 e. The van der Waals surface area contributed by atoms with Gasteiger partial charge >= 0.3 is 0 Å². The van der Waals surface area contributed by atoms with E-state index in [1.54, 1.807) is 11.8 Å². The van der Waals surface area contributed by atoms with E-state index in [2.05, 4.69) is 57.4 Å². The Bertz CT molecular complexity index is 3810. The first-order valence-electron chi connectivity index (χ1n) is 33.8. The van der Waals surface area contributed by atoms with Crippen molar-refractivity contribution in [1.82, 2.24) is 10.2 Å². The predicted molar refractivity (Wildman–Crippen MR) is 371 cm³/mol. The minimum absolute atomic E-state index is 0.0225. The Balaban J connectivity index is 1.15. The number of unbranched alkanes of at least 4 members (excludes halogenated alkanes) is 19. The third-order valence-corrected chi connectivity index (χ3v) is 17.0. The standard InChI is InChI=1S/C76H89F4N9O6/c1-5-8-11-14-17-18-19-20-21-24-33-52-46-63(84-73(92)60-41-31-40-59(67(60)77)72(91)82-51(4)57-39-30-35-53-34-25-26-38-58(53)57)69(79)64(47-52)85-74(93)61-42-32-43-62(68(61)78)75(94)86-66-50-55(49-65(70(66)80)83-71(90)54-36-29-37-56(48-54)87-88-81)76(95)89(44-27-22-15-12-9-6-2)45-28-23-16-13-10-7-3/h25-26,29-32,34-43,46-51H,5-24,27-28,33,44-45H2,1-4H3,(H,82,91)(H,83,90)(H,84,92)(H,85,93)(H,86,94)/t51-/m1/s1. The molecule has 95 heavy (non-hydrogen) atoms. The third kappa shape index (κ3) is 21.3. The first-order chi connectivity index (χ1) is 46.1. The lowest BCUT2D eigenvalue weighted by Gasteiger charge is -2.24. The number of rotatable bonds is 38. The summed E-state index contributed by atoms with van der Waals surface area (Å²) in [6, 6.07) is 30.3. The minimum atomic E-state index is -1.38. The predicted octanol–water partition coefficient (Wildman–Crippen LogP) is 20.5. The number of carbonyl (C=O) groups excluding carboxylic acids is 6. The molecule has 0 radical (unpaired) electrons. The van der Waals surface area contributed by atoms with Gasteiger partial charge in [0.2, 0.25) is 0 Å². The summed E-state index contributed by atoms with van der Waals surface area (Å²) in [5, 5.41) is 17.9. The highest BCUT2D eigenvalue weighted by molar-refractivity contribution is 6.12. The van der Waals surface area contributed by atoms with Crippen molar-refractivity contribution in [2.45, 2.75) is 181 Å². The zero-order valence-corrected chi connectivity index (χ0v) is 55.1. The van der Waals surface area contributed by atoms with E-state index in [0.29, 0.717) is 44.3 Å². The summed E-state index contributed by atoms with van der Waals surface area (Å²) in [4.78, 5) is 89.1. The molecular formula is C76H89F4N9O6. The van der Waals surface area contributed by atoms with E-state index in [1.165, 1.54) is 73.9 Å². The van der Waals surface area contributed by atoms with Crippen LogP contribution in [-0.4, -0.2) is 53.4 Å². The van der Waals surface area contributed by atoms with Gasteiger partial charge in [-0.2, -0.15) is 0 Å². The van der Waals surface area contributed by atoms with Crippen molar-refractivity contribution in [1.29, 1.82) is 0 Å². The molecule has 0 aliphatic rings. The maximum Gasteiger partial charge on any atom is 0.258 e. The molecule has 6 amide bonds. The van der Waals surface area contributed by atoms with Gasteiger partial charge in [-0.15, -0.1) is 0 Å². The van der Waals surface area contributed by atoms with Gasteiger partial charge in [-0.25, -0.2) is 17.6 Å². The fourth-order valence-corrected chi connectivity index (χ4v) is 11.7. The summed E-state index contributed by atoms with van der Waals surface area (Å²) in [7, 11) is 0. The second-order valence-electron chi connectivity index (χ2n) is 24.3. The monoisotopic (exact) mass is 1300 g/mol. The molecule has 0 fully saturated rings. The molecule has 19 heteroatoms. The first kappa shape index (κ1) is 73.1. The van der Waals surface area contributed by atoms with Crippen molar-refractivity contribution in [3.05, 3.63) is 206 Å². The molecule has 502 valence electrons. The number of benzene rings is 7. The molecule has 0 saturated carbocycles. The summed E-state index contributed by atoms with van der Waals surface area (Å²) in [5.41, 5.74) is 5.76. The van der Waals surface area contributed by atoms with Gasteiger partial charge in [-0.1, -0.05) is 215 Å². The number of halogens is 4. The Kier molecular flexibility index (Phi) is 29.3. The molecule has 0 bridgehead atoms. The highest BCUT2D eigenvalue weighted by Crippen LogP contribution is 2.32. The van der Waals surface area contributed by atoms with Crippen LogP contribution in [-0.2, 0) is 6.42 Å². The molecule has 7 aromatic rings. The number of carbonyl (C=O) groups is 6. The highest BCUT2D eigenvalue weighted by Gasteiger charge is 2.28. The van der Waals surface area contributed by atoms with Gasteiger partial charge in [0, 0.05) is 34.8 Å². The van der Waals surface area contributed by atoms with Crippen molar-refractivity contribution in [3.63, 3.8) is 0 Å². The van der Waals surface area contributed by atoms with Crippen molar-refractivity contribution in [3.8, 4) is 0 Å². The van der Waals surface area contributed by atoms with Crippen LogP contribution in [0.15, 0.2) is 133 Å². The number of anilines is 4. The number of aryl methyl sites for hydroxylation is 1. The molecule has 0 heterocycles. The largest absolute Gasteiger partial charge is 0.345 e. The fourth-order valence-electron chi connectivity index (χ4n) is 11.7. The molecule has 1 atom stereocenters. The Morgan fingerprint density at radius 3 is 1.35 bits per heavy atom. The molecule has 15 nitrogen and oxygen atoms in total. The molecule has 0 spiro atoms. The van der Waals surface area contributed by atoms with Crippen LogP contribution in [0, 0.1) is 23.3 Å². The maximum absolute atomic E-state index is 16.9. The number of nitrogens with one attached hydrogen (secondary N) is 5. The van der Waals surface area contributed by atoms with Gasteiger partial charge in [0.05, 0.1) is 51.0 Å². The lowest BCUT2D eigenvalue weighted by atomic mass is 9.99. The van der Waals surface area contributed by atoms with Crippen molar-refractivity contribution < 1.29 is 46.3 Å². The van der Waals surface area contributed by atoms with Crippen molar-refractivity contribution in [2.24, 2.45) is 5.11 Å². The number of hydrogen-bond acceptors (Lipinski definition) is 7. The van der Waals surface area contributed by atoms with Crippen LogP contribution in [0.1, 0.15) is 248 Å². The number of nitrogens with zero attached hydrogens (tertiary/aromatic N) is 4. The molecule has 0 aliphatic carbocycles. The van der Waals surface area contributed by atoms with Crippen LogP contribution in [0.2, 0.25) is 0 Å². The number of azide groups is 1. The van der Waals surface area contributed by atoms with Crippen molar-refractivity contribution in [2.75, 3.05) is 34.4 Å². The first-order valence-corrected chi connectivity index (χ1v) is 33.8. The van der Waals surface area contributed by atoms with Crippen LogP contribution in [0.25, 0.3) is 21.2 Å². The summed E-state index contributed by atoms with van der Waals surface area (Å²) in [5.74, 6) is -10.6. The molecule has 0 saturated heterocycles. The number of fused-ring (bicyclic) bond motifs is 1. The van der Waals surface area contributed by atoms with Crippen LogP contribution in [0.5, 0.6) is 0 Å². The van der Waals surface area contributed by atoms with Gasteiger partial charge in [-0.3, -0.25) is 28.8 Å². The summed E-state index contributed by atoms with van der Waals surface area (Å²) >= 11 is 0. The normalized spacial score (nSPS) is 11.4. The SMILES string of the molecule is CCCCCCCCCCCCc1cc(NC(=O)c2cccc(C(=O)Nc3cc(C(=O)N(CCCCCCCC)CCCCCCCC)cc(NC(=O)c4cccc(N=[N+]=[N-])c4)c3F)c2F)c(F)c(NC(=O)c2cccc(C(=O)N[C@H](C)c3cccc4ccccc34)c2F)c1. The van der Waals surface area contributed by atoms with Gasteiger partial charge in [-0.05, 0) is 121 Å². The minimum Gasteiger partial charge on any atom is -0.345 e. The lowest BCUT2D eigenvalue weighted by Crippen LogP contribution is -2.33. The quantitative estimate of drug-likeness (QED) is 0.00834. The topological polar surface area (TPSA) is 215 Å². The van der Waals surface area contributed by atoms with Gasteiger partial charge < -0.3 is 31.5 Å². The van der Waals surface area contributed by atoms with E-state index in [1.807, 2.05) is 42.5 Å². The van der Waals surface area contributed by atoms with E-state index >= 15 is 17.6 Å². The van der Waals surface area contributed by atoms with E-state index < -0.39 is 110 Å². The van der Waals surface area contributed by atoms with Crippen LogP contribution in [0.3, 0.4) is 0 Å². The average Bonchev–Trinajstić information content (AvgIpc) is 0.837. The van der Waals surface area contributed by atoms with Gasteiger partial charge in [0.15, 0.2) is 11.6 Å². The number of hydrogen-bond donors (Lipinski definition) is 5. The Morgan fingerprint density at radius 2 is 0.853 bits per heavy atom. The Hall–Kier alpha value is -9.35. The molecule has 0 unspecified atom stereocenters. The Morgan fingerprint density at radius 1 is 0.442 bits per heavy atom. The molecule has 0 aliphatic heterocycles. The van der Waals surface area contributed by atoms with Crippen LogP contribution < -0.4 is 26.6 Å². The van der Waals surface area contributed by atoms with Gasteiger partial charge in [0.1, 0.15) is 11.6 Å². The highest BCUT2D eigenvalue weighted by atomic mass is 19.1. The second-order valence-corrected chi connectivity index (χ2v) is 24.3. The van der Waals surface area contributed by atoms with Crippen molar-refractivity contribution >= 4 is 74.7 Å². The van der Waals surface area contributed by atoms with E-state index in [-0.39, 0.29) is 16.8 Å². The van der Waals surface area contributed by atoms with E-state index in [4.69, 9.17) is 5.53 Å². The van der Waals surface area contributed by atoms with Crippen LogP contribution in [0.4, 0.5) is 46.0 Å². The lowest BCUT2D eigenvalue weighted by molar-refractivity contribution is 0.0747. The summed E-state index contributed by atoms with van der Waals surface area (Å²) in [6.45, 7) is 8.97. The third-order valence-electron chi connectivity index (χ3n) is 17.0. The fraction of sp³-hybridized carbons (Fsp3) is 0.395. The molecule has 5 N–H and O–H groups in total. The van der Waals surface area contributed by atoms with Gasteiger partial charge in [0.25, 0.3) is 35.4 Å². The molecule has 7 rings (SSSR count).